The topological polar surface area (TPSA) is 60.7 Å². The van der Waals surface area contributed by atoms with Gasteiger partial charge in [0.05, 0.1) is 12.6 Å². The van der Waals surface area contributed by atoms with Gasteiger partial charge in [0.25, 0.3) is 5.92 Å². The molecule has 0 radical (unpaired) electrons. The molecule has 1 saturated heterocycles. The number of rotatable bonds is 6. The number of furan rings is 1. The van der Waals surface area contributed by atoms with Gasteiger partial charge in [-0.05, 0) is 31.5 Å². The summed E-state index contributed by atoms with van der Waals surface area (Å²) in [5.74, 6) is -4.87. The minimum atomic E-state index is -3.44. The van der Waals surface area contributed by atoms with Gasteiger partial charge in [-0.1, -0.05) is 18.2 Å². The summed E-state index contributed by atoms with van der Waals surface area (Å²) in [6, 6.07) is 8.00. The Morgan fingerprint density at radius 1 is 1.18 bits per heavy atom. The molecule has 176 valence electrons. The lowest BCUT2D eigenvalue weighted by Gasteiger charge is -2.41. The smallest absolute Gasteiger partial charge is 0.283 e. The van der Waals surface area contributed by atoms with Gasteiger partial charge in [-0.15, -0.1) is 0 Å². The standard InChI is InChI=1S/C24H25F4N3O2/c1-13-6-17-16-4-2-3-5-20(16)33-23(17)22(31(13)11-24(27,28)12-32)21-18(25)7-14(8-19(21)26)30-15-9-29-10-15/h2-5,7-8,13,15,22,29-30,32H,6,9-12H2,1H3/t13-,22?/m1/s1. The van der Waals surface area contributed by atoms with Crippen molar-refractivity contribution in [2.45, 2.75) is 37.4 Å². The summed E-state index contributed by atoms with van der Waals surface area (Å²) < 4.78 is 65.5. The normalized spacial score (nSPS) is 21.8. The molecule has 9 heteroatoms. The molecule has 1 unspecified atom stereocenters. The number of aliphatic hydroxyl groups is 1. The highest BCUT2D eigenvalue weighted by atomic mass is 19.3. The van der Waals surface area contributed by atoms with Crippen LogP contribution in [0.25, 0.3) is 11.0 Å². The third kappa shape index (κ3) is 3.98. The fraction of sp³-hybridized carbons (Fsp3) is 0.417. The van der Waals surface area contributed by atoms with E-state index in [1.165, 1.54) is 17.0 Å². The Hall–Kier alpha value is -2.62. The lowest BCUT2D eigenvalue weighted by molar-refractivity contribution is -0.0881. The molecule has 0 saturated carbocycles. The number of para-hydroxylation sites is 1. The number of halogens is 4. The van der Waals surface area contributed by atoms with Crippen LogP contribution < -0.4 is 10.6 Å². The fourth-order valence-corrected chi connectivity index (χ4v) is 4.78. The number of nitrogens with one attached hydrogen (secondary N) is 2. The summed E-state index contributed by atoms with van der Waals surface area (Å²) in [4.78, 5) is 1.32. The van der Waals surface area contributed by atoms with Gasteiger partial charge in [0, 0.05) is 41.3 Å². The first-order valence-electron chi connectivity index (χ1n) is 11.0. The molecule has 2 aliphatic heterocycles. The summed E-state index contributed by atoms with van der Waals surface area (Å²) in [6.07, 6.45) is 0.377. The van der Waals surface area contributed by atoms with Crippen molar-refractivity contribution in [3.05, 3.63) is 64.9 Å². The summed E-state index contributed by atoms with van der Waals surface area (Å²) in [5, 5.41) is 16.1. The third-order valence-electron chi connectivity index (χ3n) is 6.53. The second-order valence-electron chi connectivity index (χ2n) is 8.94. The van der Waals surface area contributed by atoms with Crippen molar-refractivity contribution in [3.63, 3.8) is 0 Å². The average Bonchev–Trinajstić information content (AvgIpc) is 3.10. The Morgan fingerprint density at radius 3 is 2.52 bits per heavy atom. The Morgan fingerprint density at radius 2 is 1.88 bits per heavy atom. The van der Waals surface area contributed by atoms with E-state index in [1.807, 2.05) is 12.1 Å². The SMILES string of the molecule is C[C@@H]1Cc2c(oc3ccccc23)C(c2c(F)cc(NC3CNC3)cc2F)N1CC(F)(F)CO. The largest absolute Gasteiger partial charge is 0.459 e. The van der Waals surface area contributed by atoms with Crippen LogP contribution in [0.3, 0.4) is 0 Å². The van der Waals surface area contributed by atoms with Gasteiger partial charge in [0.2, 0.25) is 0 Å². The van der Waals surface area contributed by atoms with Gasteiger partial charge in [0.15, 0.2) is 0 Å². The van der Waals surface area contributed by atoms with Crippen molar-refractivity contribution >= 4 is 16.7 Å². The number of nitrogens with zero attached hydrogens (tertiary/aromatic N) is 1. The molecule has 0 spiro atoms. The van der Waals surface area contributed by atoms with Crippen LogP contribution in [0.1, 0.15) is 29.9 Å². The van der Waals surface area contributed by atoms with Crippen LogP contribution in [0.4, 0.5) is 23.2 Å². The zero-order valence-corrected chi connectivity index (χ0v) is 18.0. The van der Waals surface area contributed by atoms with Crippen molar-refractivity contribution in [2.75, 3.05) is 31.6 Å². The van der Waals surface area contributed by atoms with E-state index in [0.717, 1.165) is 10.9 Å². The molecule has 2 atom stereocenters. The van der Waals surface area contributed by atoms with Crippen LogP contribution in [0.5, 0.6) is 0 Å². The molecule has 0 bridgehead atoms. The highest BCUT2D eigenvalue weighted by Crippen LogP contribution is 2.45. The van der Waals surface area contributed by atoms with Gasteiger partial charge >= 0.3 is 0 Å². The number of alkyl halides is 2. The highest BCUT2D eigenvalue weighted by molar-refractivity contribution is 5.83. The van der Waals surface area contributed by atoms with E-state index in [4.69, 9.17) is 4.42 Å². The molecule has 5 rings (SSSR count). The van der Waals surface area contributed by atoms with Crippen LogP contribution in [-0.2, 0) is 6.42 Å². The van der Waals surface area contributed by atoms with Crippen molar-refractivity contribution < 1.29 is 27.1 Å². The van der Waals surface area contributed by atoms with E-state index in [9.17, 15) is 13.9 Å². The van der Waals surface area contributed by atoms with Crippen LogP contribution in [0.2, 0.25) is 0 Å². The fourth-order valence-electron chi connectivity index (χ4n) is 4.78. The van der Waals surface area contributed by atoms with Crippen LogP contribution in [-0.4, -0.2) is 54.3 Å². The number of hydrogen-bond donors (Lipinski definition) is 3. The second kappa shape index (κ2) is 8.30. The quantitative estimate of drug-likeness (QED) is 0.482. The maximum Gasteiger partial charge on any atom is 0.283 e. The molecule has 33 heavy (non-hydrogen) atoms. The van der Waals surface area contributed by atoms with E-state index in [-0.39, 0.29) is 17.4 Å². The molecule has 3 heterocycles. The minimum Gasteiger partial charge on any atom is -0.459 e. The lowest BCUT2D eigenvalue weighted by Crippen LogP contribution is -2.51. The van der Waals surface area contributed by atoms with Crippen molar-refractivity contribution in [1.29, 1.82) is 0 Å². The molecule has 5 nitrogen and oxygen atoms in total. The predicted molar refractivity (Wildman–Crippen MR) is 117 cm³/mol. The number of hydrogen-bond acceptors (Lipinski definition) is 5. The van der Waals surface area contributed by atoms with Crippen molar-refractivity contribution in [2.24, 2.45) is 0 Å². The van der Waals surface area contributed by atoms with Crippen LogP contribution in [0, 0.1) is 11.6 Å². The first kappa shape index (κ1) is 22.2. The van der Waals surface area contributed by atoms with Crippen molar-refractivity contribution in [1.82, 2.24) is 10.2 Å². The summed E-state index contributed by atoms with van der Waals surface area (Å²) in [7, 11) is 0. The van der Waals surface area contributed by atoms with Crippen LogP contribution in [0.15, 0.2) is 40.8 Å². The van der Waals surface area contributed by atoms with Crippen molar-refractivity contribution in [3.8, 4) is 0 Å². The first-order chi connectivity index (χ1) is 15.8. The predicted octanol–water partition coefficient (Wildman–Crippen LogP) is 4.06. The molecule has 3 aromatic rings. The highest BCUT2D eigenvalue weighted by Gasteiger charge is 2.44. The number of anilines is 1. The molecule has 2 aromatic carbocycles. The third-order valence-corrected chi connectivity index (χ3v) is 6.53. The van der Waals surface area contributed by atoms with E-state index in [0.29, 0.717) is 30.8 Å². The molecule has 2 aliphatic rings. The average molecular weight is 463 g/mol. The van der Waals surface area contributed by atoms with Gasteiger partial charge < -0.3 is 20.2 Å². The van der Waals surface area contributed by atoms with E-state index in [1.54, 1.807) is 19.1 Å². The van der Waals surface area contributed by atoms with Gasteiger partial charge in [-0.2, -0.15) is 0 Å². The maximum absolute atomic E-state index is 15.4. The van der Waals surface area contributed by atoms with Gasteiger partial charge in [0.1, 0.15) is 35.6 Å². The van der Waals surface area contributed by atoms with E-state index >= 15 is 8.78 Å². The zero-order chi connectivity index (χ0) is 23.3. The molecular weight excluding hydrogens is 438 g/mol. The lowest BCUT2D eigenvalue weighted by atomic mass is 9.88. The molecule has 1 fully saturated rings. The number of fused-ring (bicyclic) bond motifs is 3. The van der Waals surface area contributed by atoms with Gasteiger partial charge in [-0.3, -0.25) is 4.90 Å². The molecular formula is C24H25F4N3O2. The Balaban J connectivity index is 1.64. The zero-order valence-electron chi connectivity index (χ0n) is 18.0. The summed E-state index contributed by atoms with van der Waals surface area (Å²) >= 11 is 0. The summed E-state index contributed by atoms with van der Waals surface area (Å²) in [6.45, 7) is 0.896. The Kier molecular flexibility index (Phi) is 5.58. The first-order valence-corrected chi connectivity index (χ1v) is 11.0. The Labute approximate surface area is 188 Å². The molecule has 0 amide bonds. The molecule has 0 aliphatic carbocycles. The number of aliphatic hydroxyl groups excluding tert-OH is 1. The monoisotopic (exact) mass is 463 g/mol. The molecule has 1 aromatic heterocycles. The van der Waals surface area contributed by atoms with Gasteiger partial charge in [-0.25, -0.2) is 17.6 Å². The van der Waals surface area contributed by atoms with Crippen LogP contribution >= 0.6 is 0 Å². The number of benzene rings is 2. The summed E-state index contributed by atoms with van der Waals surface area (Å²) in [5.41, 5.74) is 1.24. The van der Waals surface area contributed by atoms with E-state index < -0.39 is 42.8 Å². The maximum atomic E-state index is 15.4. The second-order valence-corrected chi connectivity index (χ2v) is 8.94. The Bertz CT molecular complexity index is 1150. The van der Waals surface area contributed by atoms with E-state index in [2.05, 4.69) is 10.6 Å². The molecule has 3 N–H and O–H groups in total. The minimum absolute atomic E-state index is 0.0751.